The summed E-state index contributed by atoms with van der Waals surface area (Å²) in [5, 5.41) is 0. The molecule has 0 radical (unpaired) electrons. The Kier molecular flexibility index (Phi) is 6.97. The Balaban J connectivity index is 2.38. The quantitative estimate of drug-likeness (QED) is 0.534. The number of carbonyl (C=O) groups excluding carboxylic acids is 1. The number of esters is 1. The Bertz CT molecular complexity index is 393. The summed E-state index contributed by atoms with van der Waals surface area (Å²) in [6.07, 6.45) is 0. The van der Waals surface area contributed by atoms with Gasteiger partial charge < -0.3 is 14.4 Å². The van der Waals surface area contributed by atoms with Crippen LogP contribution in [-0.4, -0.2) is 38.9 Å². The molecule has 0 aliphatic rings. The lowest BCUT2D eigenvalue weighted by Crippen LogP contribution is -2.28. The van der Waals surface area contributed by atoms with Crippen LogP contribution in [0.3, 0.4) is 0 Å². The Morgan fingerprint density at radius 1 is 1.26 bits per heavy atom. The molecule has 0 bridgehead atoms. The normalized spacial score (nSPS) is 10.3. The van der Waals surface area contributed by atoms with Crippen LogP contribution in [0.4, 0.5) is 5.69 Å². The average Bonchev–Trinajstić information content (AvgIpc) is 2.40. The topological polar surface area (TPSA) is 38.8 Å². The van der Waals surface area contributed by atoms with E-state index in [1.54, 1.807) is 6.92 Å². The molecule has 0 saturated heterocycles. The van der Waals surface area contributed by atoms with E-state index < -0.39 is 0 Å². The third-order valence-corrected chi connectivity index (χ3v) is 2.87. The molecule has 1 aromatic rings. The number of hydrogen-bond acceptors (Lipinski definition) is 4. The van der Waals surface area contributed by atoms with Gasteiger partial charge in [-0.3, -0.25) is 0 Å². The van der Waals surface area contributed by atoms with Gasteiger partial charge in [-0.25, -0.2) is 4.79 Å². The molecule has 0 aromatic heterocycles. The van der Waals surface area contributed by atoms with Gasteiger partial charge in [-0.15, -0.1) is 0 Å². The van der Waals surface area contributed by atoms with Gasteiger partial charge >= 0.3 is 5.97 Å². The molecule has 1 rings (SSSR count). The van der Waals surface area contributed by atoms with Crippen molar-refractivity contribution in [1.29, 1.82) is 0 Å². The molecule has 1 aromatic carbocycles. The summed E-state index contributed by atoms with van der Waals surface area (Å²) in [4.78, 5) is 13.4. The van der Waals surface area contributed by atoms with E-state index in [0.717, 1.165) is 13.1 Å². The van der Waals surface area contributed by atoms with E-state index in [9.17, 15) is 4.79 Å². The Morgan fingerprint density at radius 2 is 2.00 bits per heavy atom. The van der Waals surface area contributed by atoms with Gasteiger partial charge in [0.25, 0.3) is 0 Å². The third-order valence-electron chi connectivity index (χ3n) is 2.87. The van der Waals surface area contributed by atoms with E-state index in [1.807, 2.05) is 12.1 Å². The molecule has 0 aliphatic heterocycles. The highest BCUT2D eigenvalue weighted by Gasteiger charge is 2.07. The fraction of sp³-hybridized carbons (Fsp3) is 0.533. The molecule has 0 atom stereocenters. The van der Waals surface area contributed by atoms with Crippen molar-refractivity contribution in [2.24, 2.45) is 0 Å². The van der Waals surface area contributed by atoms with Crippen molar-refractivity contribution in [3.8, 4) is 0 Å². The number of carbonyl (C=O) groups is 1. The van der Waals surface area contributed by atoms with E-state index >= 15 is 0 Å². The molecule has 106 valence electrons. The third kappa shape index (κ3) is 5.30. The van der Waals surface area contributed by atoms with Gasteiger partial charge in [-0.2, -0.15) is 0 Å². The lowest BCUT2D eigenvalue weighted by Gasteiger charge is -2.24. The SMILES string of the molecule is CCOC(=O)COCCN(CC)c1ccccc1C. The van der Waals surface area contributed by atoms with Crippen LogP contribution in [-0.2, 0) is 14.3 Å². The number of likely N-dealkylation sites (N-methyl/N-ethyl adjacent to an activating group) is 1. The first-order chi connectivity index (χ1) is 9.19. The summed E-state index contributed by atoms with van der Waals surface area (Å²) >= 11 is 0. The van der Waals surface area contributed by atoms with Crippen LogP contribution >= 0.6 is 0 Å². The van der Waals surface area contributed by atoms with Crippen molar-refractivity contribution in [2.75, 3.05) is 37.8 Å². The van der Waals surface area contributed by atoms with E-state index in [0.29, 0.717) is 13.2 Å². The highest BCUT2D eigenvalue weighted by Crippen LogP contribution is 2.18. The standard InChI is InChI=1S/C15H23NO3/c1-4-16(14-9-7-6-8-13(14)3)10-11-18-12-15(17)19-5-2/h6-9H,4-5,10-12H2,1-3H3. The van der Waals surface area contributed by atoms with Crippen LogP contribution < -0.4 is 4.90 Å². The summed E-state index contributed by atoms with van der Waals surface area (Å²) in [7, 11) is 0. The molecule has 0 amide bonds. The first-order valence-corrected chi connectivity index (χ1v) is 6.73. The van der Waals surface area contributed by atoms with Crippen molar-refractivity contribution in [3.63, 3.8) is 0 Å². The maximum Gasteiger partial charge on any atom is 0.332 e. The number of para-hydroxylation sites is 1. The molecular weight excluding hydrogens is 242 g/mol. The molecule has 4 nitrogen and oxygen atoms in total. The zero-order valence-electron chi connectivity index (χ0n) is 12.0. The maximum atomic E-state index is 11.1. The monoisotopic (exact) mass is 265 g/mol. The number of nitrogens with zero attached hydrogens (tertiary/aromatic N) is 1. The minimum absolute atomic E-state index is 0.0270. The smallest absolute Gasteiger partial charge is 0.332 e. The number of hydrogen-bond donors (Lipinski definition) is 0. The number of ether oxygens (including phenoxy) is 2. The molecule has 0 heterocycles. The minimum atomic E-state index is -0.304. The first kappa shape index (κ1) is 15.5. The fourth-order valence-corrected chi connectivity index (χ4v) is 1.90. The largest absolute Gasteiger partial charge is 0.464 e. The number of aryl methyl sites for hydroxylation is 1. The molecule has 0 aliphatic carbocycles. The lowest BCUT2D eigenvalue weighted by atomic mass is 10.2. The van der Waals surface area contributed by atoms with E-state index in [4.69, 9.17) is 9.47 Å². The second-order valence-electron chi connectivity index (χ2n) is 4.22. The Hall–Kier alpha value is -1.55. The number of benzene rings is 1. The predicted octanol–water partition coefficient (Wildman–Crippen LogP) is 2.40. The van der Waals surface area contributed by atoms with Crippen LogP contribution in [0.2, 0.25) is 0 Å². The van der Waals surface area contributed by atoms with Crippen molar-refractivity contribution >= 4 is 11.7 Å². The van der Waals surface area contributed by atoms with Gasteiger partial charge in [-0.1, -0.05) is 18.2 Å². The van der Waals surface area contributed by atoms with Crippen molar-refractivity contribution in [1.82, 2.24) is 0 Å². The molecule has 4 heteroatoms. The van der Waals surface area contributed by atoms with E-state index in [1.165, 1.54) is 11.3 Å². The summed E-state index contributed by atoms with van der Waals surface area (Å²) in [6.45, 7) is 8.60. The van der Waals surface area contributed by atoms with Crippen molar-refractivity contribution in [2.45, 2.75) is 20.8 Å². The second-order valence-corrected chi connectivity index (χ2v) is 4.22. The van der Waals surface area contributed by atoms with Crippen LogP contribution in [0.1, 0.15) is 19.4 Å². The molecule has 0 N–H and O–H groups in total. The van der Waals surface area contributed by atoms with Gasteiger partial charge in [0.15, 0.2) is 0 Å². The molecule has 0 unspecified atom stereocenters. The van der Waals surface area contributed by atoms with Gasteiger partial charge in [0.1, 0.15) is 6.61 Å². The van der Waals surface area contributed by atoms with Crippen LogP contribution in [0.5, 0.6) is 0 Å². The summed E-state index contributed by atoms with van der Waals surface area (Å²) in [6, 6.07) is 8.26. The van der Waals surface area contributed by atoms with E-state index in [-0.39, 0.29) is 12.6 Å². The molecule has 19 heavy (non-hydrogen) atoms. The number of rotatable bonds is 8. The highest BCUT2D eigenvalue weighted by molar-refractivity contribution is 5.70. The van der Waals surface area contributed by atoms with Crippen LogP contribution in [0.25, 0.3) is 0 Å². The molecule has 0 fully saturated rings. The van der Waals surface area contributed by atoms with Gasteiger partial charge in [-0.05, 0) is 32.4 Å². The van der Waals surface area contributed by atoms with Gasteiger partial charge in [0.05, 0.1) is 13.2 Å². The number of anilines is 1. The first-order valence-electron chi connectivity index (χ1n) is 6.73. The zero-order valence-corrected chi connectivity index (χ0v) is 12.0. The van der Waals surface area contributed by atoms with Gasteiger partial charge in [0.2, 0.25) is 0 Å². The Morgan fingerprint density at radius 3 is 2.63 bits per heavy atom. The predicted molar refractivity (Wildman–Crippen MR) is 76.5 cm³/mol. The Labute approximate surface area is 115 Å². The average molecular weight is 265 g/mol. The van der Waals surface area contributed by atoms with Crippen molar-refractivity contribution < 1.29 is 14.3 Å². The van der Waals surface area contributed by atoms with Crippen molar-refractivity contribution in [3.05, 3.63) is 29.8 Å². The highest BCUT2D eigenvalue weighted by atomic mass is 16.6. The summed E-state index contributed by atoms with van der Waals surface area (Å²) < 4.78 is 10.1. The van der Waals surface area contributed by atoms with E-state index in [2.05, 4.69) is 30.9 Å². The fourth-order valence-electron chi connectivity index (χ4n) is 1.90. The van der Waals surface area contributed by atoms with Crippen LogP contribution in [0, 0.1) is 6.92 Å². The van der Waals surface area contributed by atoms with Gasteiger partial charge in [0, 0.05) is 18.8 Å². The lowest BCUT2D eigenvalue weighted by molar-refractivity contribution is -0.148. The maximum absolute atomic E-state index is 11.1. The molecule has 0 saturated carbocycles. The zero-order chi connectivity index (χ0) is 14.1. The summed E-state index contributed by atoms with van der Waals surface area (Å²) in [5.41, 5.74) is 2.46. The van der Waals surface area contributed by atoms with Crippen LogP contribution in [0.15, 0.2) is 24.3 Å². The second kappa shape index (κ2) is 8.53. The summed E-state index contributed by atoms with van der Waals surface area (Å²) in [5.74, 6) is -0.304. The minimum Gasteiger partial charge on any atom is -0.464 e. The molecule has 0 spiro atoms. The molecular formula is C15H23NO3.